The van der Waals surface area contributed by atoms with Crippen LogP contribution in [0.3, 0.4) is 0 Å². The summed E-state index contributed by atoms with van der Waals surface area (Å²) in [5.41, 5.74) is 1.10. The minimum absolute atomic E-state index is 0.0831. The molecule has 1 heterocycles. The first-order valence-corrected chi connectivity index (χ1v) is 5.49. The third-order valence-electron chi connectivity index (χ3n) is 1.90. The molecular formula is C10H15N3S. The standard InChI is InChI=1S/C10H15N3S/c1-8(4-11)5-13(3)6-10-7-14-9(2)12-10/h7-8H,5-6H2,1-3H3. The zero-order valence-electron chi connectivity index (χ0n) is 8.82. The molecule has 0 fully saturated rings. The molecule has 1 rings (SSSR count). The number of thiazole rings is 1. The molecule has 0 aliphatic carbocycles. The third-order valence-corrected chi connectivity index (χ3v) is 2.73. The van der Waals surface area contributed by atoms with Crippen molar-refractivity contribution in [1.82, 2.24) is 9.88 Å². The molecule has 1 unspecified atom stereocenters. The summed E-state index contributed by atoms with van der Waals surface area (Å²) in [7, 11) is 2.02. The first kappa shape index (κ1) is 11.2. The van der Waals surface area contributed by atoms with Gasteiger partial charge in [-0.15, -0.1) is 11.3 Å². The Kier molecular flexibility index (Phi) is 4.05. The smallest absolute Gasteiger partial charge is 0.0897 e. The number of aromatic nitrogens is 1. The lowest BCUT2D eigenvalue weighted by atomic mass is 10.2. The Labute approximate surface area is 89.0 Å². The monoisotopic (exact) mass is 209 g/mol. The Morgan fingerprint density at radius 2 is 2.43 bits per heavy atom. The highest BCUT2D eigenvalue weighted by molar-refractivity contribution is 7.09. The average molecular weight is 209 g/mol. The normalized spacial score (nSPS) is 12.8. The van der Waals surface area contributed by atoms with Gasteiger partial charge < -0.3 is 0 Å². The van der Waals surface area contributed by atoms with Crippen LogP contribution >= 0.6 is 11.3 Å². The maximum Gasteiger partial charge on any atom is 0.0897 e. The molecular weight excluding hydrogens is 194 g/mol. The van der Waals surface area contributed by atoms with Crippen LogP contribution in [-0.4, -0.2) is 23.5 Å². The minimum Gasteiger partial charge on any atom is -0.299 e. The summed E-state index contributed by atoms with van der Waals surface area (Å²) in [5, 5.41) is 11.8. The molecule has 0 N–H and O–H groups in total. The molecule has 0 aromatic carbocycles. The second kappa shape index (κ2) is 5.08. The quantitative estimate of drug-likeness (QED) is 0.762. The van der Waals surface area contributed by atoms with Crippen molar-refractivity contribution in [2.45, 2.75) is 20.4 Å². The third kappa shape index (κ3) is 3.44. The number of nitriles is 1. The van der Waals surface area contributed by atoms with Gasteiger partial charge in [0.05, 0.1) is 22.7 Å². The summed E-state index contributed by atoms with van der Waals surface area (Å²) in [6.45, 7) is 5.57. The van der Waals surface area contributed by atoms with Crippen LogP contribution in [0.4, 0.5) is 0 Å². The maximum absolute atomic E-state index is 8.66. The Balaban J connectivity index is 2.42. The zero-order chi connectivity index (χ0) is 10.6. The number of hydrogen-bond acceptors (Lipinski definition) is 4. The van der Waals surface area contributed by atoms with Crippen molar-refractivity contribution in [2.75, 3.05) is 13.6 Å². The molecule has 3 nitrogen and oxygen atoms in total. The van der Waals surface area contributed by atoms with Gasteiger partial charge in [-0.05, 0) is 20.9 Å². The van der Waals surface area contributed by atoms with Gasteiger partial charge in [0.15, 0.2) is 0 Å². The number of hydrogen-bond donors (Lipinski definition) is 0. The fraction of sp³-hybridized carbons (Fsp3) is 0.600. The van der Waals surface area contributed by atoms with E-state index in [4.69, 9.17) is 5.26 Å². The van der Waals surface area contributed by atoms with Crippen LogP contribution < -0.4 is 0 Å². The van der Waals surface area contributed by atoms with Crippen LogP contribution in [0.5, 0.6) is 0 Å². The van der Waals surface area contributed by atoms with Gasteiger partial charge in [0.25, 0.3) is 0 Å². The Morgan fingerprint density at radius 3 is 2.93 bits per heavy atom. The van der Waals surface area contributed by atoms with Crippen molar-refractivity contribution in [1.29, 1.82) is 5.26 Å². The van der Waals surface area contributed by atoms with Crippen molar-refractivity contribution in [2.24, 2.45) is 5.92 Å². The molecule has 1 aromatic heterocycles. The molecule has 0 spiro atoms. The lowest BCUT2D eigenvalue weighted by molar-refractivity contribution is 0.300. The van der Waals surface area contributed by atoms with Gasteiger partial charge in [0.1, 0.15) is 0 Å². The van der Waals surface area contributed by atoms with E-state index < -0.39 is 0 Å². The van der Waals surface area contributed by atoms with Gasteiger partial charge in [-0.2, -0.15) is 5.26 Å². The minimum atomic E-state index is 0.0831. The van der Waals surface area contributed by atoms with Gasteiger partial charge in [-0.25, -0.2) is 4.98 Å². The molecule has 0 radical (unpaired) electrons. The summed E-state index contributed by atoms with van der Waals surface area (Å²) in [6, 6.07) is 2.23. The predicted molar refractivity (Wildman–Crippen MR) is 58.0 cm³/mol. The van der Waals surface area contributed by atoms with Crippen molar-refractivity contribution < 1.29 is 0 Å². The van der Waals surface area contributed by atoms with Crippen molar-refractivity contribution >= 4 is 11.3 Å². The van der Waals surface area contributed by atoms with E-state index in [0.717, 1.165) is 23.8 Å². The number of nitrogens with zero attached hydrogens (tertiary/aromatic N) is 3. The van der Waals surface area contributed by atoms with Gasteiger partial charge in [-0.1, -0.05) is 0 Å². The van der Waals surface area contributed by atoms with Crippen LogP contribution in [-0.2, 0) is 6.54 Å². The highest BCUT2D eigenvalue weighted by Crippen LogP contribution is 2.10. The molecule has 1 atom stereocenters. The predicted octanol–water partition coefficient (Wildman–Crippen LogP) is 2.04. The second-order valence-electron chi connectivity index (χ2n) is 3.58. The van der Waals surface area contributed by atoms with Crippen LogP contribution in [0, 0.1) is 24.2 Å². The van der Waals surface area contributed by atoms with E-state index in [2.05, 4.69) is 21.3 Å². The Hall–Kier alpha value is -0.920. The molecule has 4 heteroatoms. The Bertz CT molecular complexity index is 326. The second-order valence-corrected chi connectivity index (χ2v) is 4.65. The van der Waals surface area contributed by atoms with Crippen LogP contribution in [0.2, 0.25) is 0 Å². The lowest BCUT2D eigenvalue weighted by Crippen LogP contribution is -2.23. The molecule has 0 saturated carbocycles. The van der Waals surface area contributed by atoms with E-state index >= 15 is 0 Å². The van der Waals surface area contributed by atoms with Crippen LogP contribution in [0.25, 0.3) is 0 Å². The average Bonchev–Trinajstić information content (AvgIpc) is 2.50. The van der Waals surface area contributed by atoms with E-state index in [1.165, 1.54) is 0 Å². The first-order valence-electron chi connectivity index (χ1n) is 4.61. The van der Waals surface area contributed by atoms with Gasteiger partial charge in [-0.3, -0.25) is 4.90 Å². The number of rotatable bonds is 4. The maximum atomic E-state index is 8.66. The summed E-state index contributed by atoms with van der Waals surface area (Å²) < 4.78 is 0. The molecule has 1 aromatic rings. The highest BCUT2D eigenvalue weighted by Gasteiger charge is 2.07. The molecule has 14 heavy (non-hydrogen) atoms. The fourth-order valence-corrected chi connectivity index (χ4v) is 1.93. The fourth-order valence-electron chi connectivity index (χ4n) is 1.33. The summed E-state index contributed by atoms with van der Waals surface area (Å²) in [6.07, 6.45) is 0. The Morgan fingerprint density at radius 1 is 1.71 bits per heavy atom. The molecule has 0 amide bonds. The van der Waals surface area contributed by atoms with Gasteiger partial charge in [0, 0.05) is 18.5 Å². The molecule has 0 bridgehead atoms. The van der Waals surface area contributed by atoms with E-state index in [-0.39, 0.29) is 5.92 Å². The molecule has 0 aliphatic rings. The van der Waals surface area contributed by atoms with Crippen LogP contribution in [0.1, 0.15) is 17.6 Å². The summed E-state index contributed by atoms with van der Waals surface area (Å²) in [4.78, 5) is 6.51. The topological polar surface area (TPSA) is 39.9 Å². The zero-order valence-corrected chi connectivity index (χ0v) is 9.64. The van der Waals surface area contributed by atoms with E-state index in [0.29, 0.717) is 0 Å². The molecule has 76 valence electrons. The van der Waals surface area contributed by atoms with Gasteiger partial charge in [0.2, 0.25) is 0 Å². The van der Waals surface area contributed by atoms with Crippen molar-refractivity contribution in [3.8, 4) is 6.07 Å². The van der Waals surface area contributed by atoms with Crippen LogP contribution in [0.15, 0.2) is 5.38 Å². The van der Waals surface area contributed by atoms with E-state index in [1.807, 2.05) is 20.9 Å². The largest absolute Gasteiger partial charge is 0.299 e. The first-order chi connectivity index (χ1) is 6.61. The SMILES string of the molecule is Cc1nc(CN(C)CC(C)C#N)cs1. The lowest BCUT2D eigenvalue weighted by Gasteiger charge is -2.15. The summed E-state index contributed by atoms with van der Waals surface area (Å²) in [5.74, 6) is 0.0831. The number of aryl methyl sites for hydroxylation is 1. The van der Waals surface area contributed by atoms with Gasteiger partial charge >= 0.3 is 0 Å². The molecule has 0 saturated heterocycles. The van der Waals surface area contributed by atoms with E-state index in [1.54, 1.807) is 11.3 Å². The molecule has 0 aliphatic heterocycles. The van der Waals surface area contributed by atoms with E-state index in [9.17, 15) is 0 Å². The summed E-state index contributed by atoms with van der Waals surface area (Å²) >= 11 is 1.67. The van der Waals surface area contributed by atoms with Crippen molar-refractivity contribution in [3.63, 3.8) is 0 Å². The highest BCUT2D eigenvalue weighted by atomic mass is 32.1. The van der Waals surface area contributed by atoms with Crippen molar-refractivity contribution in [3.05, 3.63) is 16.1 Å².